The molecule has 2 saturated heterocycles. The summed E-state index contributed by atoms with van der Waals surface area (Å²) in [6.07, 6.45) is 9.16. The SMILES string of the molecule is CCCN(CC(=O)N(CCC)CC(=O)N(CCC)CC(=O)N(CC(N)=O)Cc1cn(C)nn1)C(=O)CN(CCC)C(=O)CN(CCC)C(=O)CN(Cc1cn(C)nn1)C(=O)C(CNC(=O)CCCc1ccc(N(CCCl)CCCl)cc1)NC(=O)CCCC[C@@H]1SC[C@@H]2NC(=O)C[C@@H]21. The molecule has 2 aliphatic heterocycles. The molecule has 32 heteroatoms. The van der Waals surface area contributed by atoms with Gasteiger partial charge in [-0.25, -0.2) is 0 Å². The monoisotopic (exact) mass is 1410 g/mol. The Morgan fingerprint density at radius 3 is 1.47 bits per heavy atom. The molecule has 0 saturated carbocycles. The van der Waals surface area contributed by atoms with Gasteiger partial charge >= 0.3 is 0 Å². The van der Waals surface area contributed by atoms with Crippen LogP contribution in [0.3, 0.4) is 0 Å². The van der Waals surface area contributed by atoms with Gasteiger partial charge in [-0.15, -0.1) is 33.4 Å². The number of thioether (sulfide) groups is 1. The Morgan fingerprint density at radius 1 is 0.598 bits per heavy atom. The summed E-state index contributed by atoms with van der Waals surface area (Å²) >= 11 is 13.9. The number of halogens is 2. The van der Waals surface area contributed by atoms with Crippen molar-refractivity contribution in [2.75, 3.05) is 121 Å². The number of unbranched alkanes of at least 4 members (excludes halogenated alkanes) is 1. The van der Waals surface area contributed by atoms with Crippen LogP contribution in [0.25, 0.3) is 0 Å². The third-order valence-corrected chi connectivity index (χ3v) is 18.5. The molecular weight excluding hydrogens is 1310 g/mol. The topological polar surface area (TPSA) is 337 Å². The minimum Gasteiger partial charge on any atom is -0.369 e. The van der Waals surface area contributed by atoms with Crippen LogP contribution in [-0.4, -0.2) is 262 Å². The van der Waals surface area contributed by atoms with Crippen LogP contribution in [0.5, 0.6) is 0 Å². The quantitative estimate of drug-likeness (QED) is 0.0465. The van der Waals surface area contributed by atoms with Crippen LogP contribution < -0.4 is 26.6 Å². The number of aromatic nitrogens is 6. The molecule has 5 N–H and O–H groups in total. The number of hydrogen-bond acceptors (Lipinski definition) is 17. The smallest absolute Gasteiger partial charge is 0.247 e. The third-order valence-electron chi connectivity index (χ3n) is 16.6. The maximum absolute atomic E-state index is 15.1. The second kappa shape index (κ2) is 42.3. The summed E-state index contributed by atoms with van der Waals surface area (Å²) in [6.45, 7) is 7.30. The summed E-state index contributed by atoms with van der Waals surface area (Å²) in [7, 11) is 3.30. The molecule has 2 fully saturated rings. The van der Waals surface area contributed by atoms with Crippen LogP contribution in [0.4, 0.5) is 5.69 Å². The average Bonchev–Trinajstić information content (AvgIpc) is 1.74. The fourth-order valence-electron chi connectivity index (χ4n) is 11.8. The van der Waals surface area contributed by atoms with E-state index in [-0.39, 0.29) is 89.0 Å². The molecule has 538 valence electrons. The van der Waals surface area contributed by atoms with Gasteiger partial charge in [-0.3, -0.25) is 62.1 Å². The van der Waals surface area contributed by atoms with E-state index >= 15 is 4.79 Å². The highest BCUT2D eigenvalue weighted by Crippen LogP contribution is 2.40. The Hall–Kier alpha value is -7.60. The van der Waals surface area contributed by atoms with Crippen LogP contribution in [0.1, 0.15) is 129 Å². The molecule has 97 heavy (non-hydrogen) atoms. The summed E-state index contributed by atoms with van der Waals surface area (Å²) in [5, 5.41) is 25.2. The van der Waals surface area contributed by atoms with Crippen LogP contribution in [0.2, 0.25) is 0 Å². The van der Waals surface area contributed by atoms with Gasteiger partial charge in [-0.2, -0.15) is 11.8 Å². The normalized spacial score (nSPS) is 15.0. The fraction of sp³-hybridized carbons (Fsp3) is 0.677. The van der Waals surface area contributed by atoms with Crippen molar-refractivity contribution in [3.05, 3.63) is 53.6 Å². The summed E-state index contributed by atoms with van der Waals surface area (Å²) in [6, 6.07) is 6.81. The number of nitrogens with two attached hydrogens (primary N) is 1. The van der Waals surface area contributed by atoms with Gasteiger partial charge in [0.25, 0.3) is 0 Å². The molecule has 1 aromatic carbocycles. The molecule has 5 rings (SSSR count). The molecular formula is C65H102Cl2N18O11S. The molecule has 1 unspecified atom stereocenters. The Bertz CT molecular complexity index is 3060. The third kappa shape index (κ3) is 27.0. The maximum Gasteiger partial charge on any atom is 0.247 e. The lowest BCUT2D eigenvalue weighted by molar-refractivity contribution is -0.148. The van der Waals surface area contributed by atoms with E-state index in [0.717, 1.165) is 23.4 Å². The lowest BCUT2D eigenvalue weighted by Gasteiger charge is -2.32. The molecule has 4 atom stereocenters. The number of carbonyl (C=O) groups is 11. The van der Waals surface area contributed by atoms with Crippen molar-refractivity contribution >= 4 is 106 Å². The first kappa shape index (κ1) is 80.1. The van der Waals surface area contributed by atoms with Crippen molar-refractivity contribution in [3.63, 3.8) is 0 Å². The number of aryl methyl sites for hydroxylation is 3. The molecule has 3 aromatic rings. The second-order valence-corrected chi connectivity index (χ2v) is 26.8. The van der Waals surface area contributed by atoms with Crippen molar-refractivity contribution in [1.29, 1.82) is 0 Å². The first-order valence-electron chi connectivity index (χ1n) is 33.9. The number of alkyl halides is 2. The predicted molar refractivity (Wildman–Crippen MR) is 369 cm³/mol. The van der Waals surface area contributed by atoms with Crippen molar-refractivity contribution in [2.45, 2.75) is 149 Å². The number of nitrogens with one attached hydrogen (secondary N) is 3. The second-order valence-electron chi connectivity index (χ2n) is 24.7. The standard InChI is InChI=1S/C65H102Cl2N18O11S/c1-8-26-79(40-60(91)81(28-10-3)42-62(93)83(30-12-5)44-64(95)84(39-55(68)86)37-48-35-76(6)74-72-48)59(90)41-80(27-9-2)61(92)43-82(29-11-4)63(94)45-85(38-49-36-77(7)75-73-49)65(96)52(70-57(88)18-14-13-17-54-51-33-58(89)71-53(51)46-97-54)34-69-56(87)19-15-16-47-20-22-50(23-21-47)78(31-24-66)32-25-67/h20-23,35-36,51-54H,8-19,24-34,37-46H2,1-7H3,(H2,68,86)(H,69,87)(H,70,88)(H,71,89)/t51-,52?,53-,54-/m0/s1. The first-order chi connectivity index (χ1) is 46.5. The summed E-state index contributed by atoms with van der Waals surface area (Å²) < 4.78 is 2.88. The Balaban J connectivity index is 1.28. The number of benzene rings is 1. The van der Waals surface area contributed by atoms with Crippen molar-refractivity contribution in [3.8, 4) is 0 Å². The van der Waals surface area contributed by atoms with E-state index in [9.17, 15) is 47.9 Å². The van der Waals surface area contributed by atoms with Crippen LogP contribution in [0.15, 0.2) is 36.7 Å². The Labute approximate surface area is 584 Å². The minimum absolute atomic E-state index is 0.0633. The van der Waals surface area contributed by atoms with E-state index < -0.39 is 105 Å². The number of anilines is 1. The zero-order valence-corrected chi connectivity index (χ0v) is 59.9. The van der Waals surface area contributed by atoms with Gasteiger partial charge in [0, 0.05) is 139 Å². The van der Waals surface area contributed by atoms with E-state index in [1.165, 1.54) is 43.7 Å². The number of hydrogen-bond donors (Lipinski definition) is 4. The largest absolute Gasteiger partial charge is 0.369 e. The lowest BCUT2D eigenvalue weighted by Crippen LogP contribution is -2.56. The predicted octanol–water partition coefficient (Wildman–Crippen LogP) is 2.07. The molecule has 0 radical (unpaired) electrons. The highest BCUT2D eigenvalue weighted by molar-refractivity contribution is 8.00. The number of amides is 11. The molecule has 4 heterocycles. The van der Waals surface area contributed by atoms with E-state index in [1.807, 2.05) is 70.6 Å². The molecule has 0 aliphatic carbocycles. The number of rotatable bonds is 46. The maximum atomic E-state index is 15.1. The van der Waals surface area contributed by atoms with Gasteiger partial charge in [-0.05, 0) is 75.5 Å². The molecule has 0 bridgehead atoms. The van der Waals surface area contributed by atoms with E-state index in [2.05, 4.69) is 41.5 Å². The van der Waals surface area contributed by atoms with Gasteiger partial charge < -0.3 is 60.9 Å². The molecule has 29 nitrogen and oxygen atoms in total. The van der Waals surface area contributed by atoms with Crippen LogP contribution in [0, 0.1) is 5.92 Å². The van der Waals surface area contributed by atoms with E-state index in [4.69, 9.17) is 28.9 Å². The zero-order valence-electron chi connectivity index (χ0n) is 57.6. The Morgan fingerprint density at radius 2 is 1.04 bits per heavy atom. The lowest BCUT2D eigenvalue weighted by atomic mass is 9.94. The van der Waals surface area contributed by atoms with E-state index in [0.29, 0.717) is 106 Å². The van der Waals surface area contributed by atoms with Gasteiger partial charge in [0.1, 0.15) is 24.0 Å². The number of fused-ring (bicyclic) bond motifs is 1. The number of nitrogens with zero attached hydrogens (tertiary/aromatic N) is 14. The van der Waals surface area contributed by atoms with Gasteiger partial charge in [0.05, 0.1) is 52.4 Å². The molecule has 11 amide bonds. The highest BCUT2D eigenvalue weighted by Gasteiger charge is 2.43. The van der Waals surface area contributed by atoms with Crippen LogP contribution in [-0.2, 0) is 86.3 Å². The van der Waals surface area contributed by atoms with Crippen molar-refractivity contribution in [1.82, 2.24) is 80.2 Å². The fourth-order valence-corrected chi connectivity index (χ4v) is 13.9. The van der Waals surface area contributed by atoms with Crippen molar-refractivity contribution in [2.24, 2.45) is 25.7 Å². The molecule has 2 aliphatic rings. The first-order valence-corrected chi connectivity index (χ1v) is 36.0. The number of carbonyl (C=O) groups excluding carboxylic acids is 11. The van der Waals surface area contributed by atoms with Crippen molar-refractivity contribution < 1.29 is 52.7 Å². The number of primary amides is 1. The highest BCUT2D eigenvalue weighted by atomic mass is 35.5. The summed E-state index contributed by atoms with van der Waals surface area (Å²) in [5.74, 6) is -3.55. The van der Waals surface area contributed by atoms with Gasteiger partial charge in [-0.1, -0.05) is 63.6 Å². The minimum atomic E-state index is -1.33. The van der Waals surface area contributed by atoms with Crippen LogP contribution >= 0.6 is 35.0 Å². The summed E-state index contributed by atoms with van der Waals surface area (Å²) in [4.78, 5) is 163. The average molecular weight is 1410 g/mol. The van der Waals surface area contributed by atoms with Gasteiger partial charge in [0.15, 0.2) is 0 Å². The Kier molecular flexibility index (Phi) is 34.9. The molecule has 0 spiro atoms. The summed E-state index contributed by atoms with van der Waals surface area (Å²) in [5.41, 5.74) is 8.21. The van der Waals surface area contributed by atoms with Gasteiger partial charge in [0.2, 0.25) is 65.0 Å². The van der Waals surface area contributed by atoms with E-state index in [1.54, 1.807) is 26.5 Å². The molecule has 2 aromatic heterocycles. The zero-order chi connectivity index (χ0) is 71.0.